The zero-order valence-electron chi connectivity index (χ0n) is 11.2. The second-order valence-electron chi connectivity index (χ2n) is 5.12. The van der Waals surface area contributed by atoms with Crippen molar-refractivity contribution in [2.75, 3.05) is 19.8 Å². The first-order chi connectivity index (χ1) is 10.1. The molecule has 7 nitrogen and oxygen atoms in total. The van der Waals surface area contributed by atoms with Gasteiger partial charge in [0.25, 0.3) is 5.56 Å². The number of thiophene rings is 1. The van der Waals surface area contributed by atoms with Crippen LogP contribution >= 0.6 is 11.3 Å². The first kappa shape index (κ1) is 14.2. The number of fused-ring (bicyclic) bond motifs is 1. The molecule has 21 heavy (non-hydrogen) atoms. The molecule has 2 N–H and O–H groups in total. The van der Waals surface area contributed by atoms with E-state index in [-0.39, 0.29) is 31.2 Å². The van der Waals surface area contributed by atoms with Gasteiger partial charge in [0.2, 0.25) is 5.91 Å². The van der Waals surface area contributed by atoms with Crippen molar-refractivity contribution in [2.24, 2.45) is 0 Å². The van der Waals surface area contributed by atoms with Crippen molar-refractivity contribution in [3.05, 3.63) is 28.1 Å². The fourth-order valence-electron chi connectivity index (χ4n) is 2.22. The molecule has 0 radical (unpaired) electrons. The van der Waals surface area contributed by atoms with E-state index in [4.69, 9.17) is 4.74 Å². The highest BCUT2D eigenvalue weighted by molar-refractivity contribution is 7.16. The summed E-state index contributed by atoms with van der Waals surface area (Å²) < 4.78 is 6.37. The molecule has 0 bridgehead atoms. The van der Waals surface area contributed by atoms with Crippen LogP contribution in [0, 0.1) is 0 Å². The maximum Gasteiger partial charge on any atom is 0.262 e. The SMILES string of the molecule is O=C(Cn1cnc2sccc2c1=O)NCC1(O)CCOC1. The molecule has 0 saturated carbocycles. The number of nitrogens with zero attached hydrogens (tertiary/aromatic N) is 2. The molecule has 3 heterocycles. The molecule has 1 unspecified atom stereocenters. The Balaban J connectivity index is 1.66. The summed E-state index contributed by atoms with van der Waals surface area (Å²) >= 11 is 1.38. The van der Waals surface area contributed by atoms with Crippen LogP contribution in [0.3, 0.4) is 0 Å². The Kier molecular flexibility index (Phi) is 3.75. The van der Waals surface area contributed by atoms with Gasteiger partial charge in [-0.2, -0.15) is 0 Å². The lowest BCUT2D eigenvalue weighted by Gasteiger charge is -2.20. The smallest absolute Gasteiger partial charge is 0.262 e. The number of aliphatic hydroxyl groups is 1. The number of carbonyl (C=O) groups is 1. The lowest BCUT2D eigenvalue weighted by molar-refractivity contribution is -0.123. The van der Waals surface area contributed by atoms with Crippen molar-refractivity contribution in [3.8, 4) is 0 Å². The Bertz CT molecular complexity index is 718. The highest BCUT2D eigenvalue weighted by Gasteiger charge is 2.32. The van der Waals surface area contributed by atoms with E-state index in [1.54, 1.807) is 11.4 Å². The van der Waals surface area contributed by atoms with Gasteiger partial charge in [-0.15, -0.1) is 11.3 Å². The van der Waals surface area contributed by atoms with Crippen LogP contribution in [0.5, 0.6) is 0 Å². The number of carbonyl (C=O) groups excluding carboxylic acids is 1. The molecule has 0 spiro atoms. The number of nitrogens with one attached hydrogen (secondary N) is 1. The van der Waals surface area contributed by atoms with Crippen LogP contribution in [0.4, 0.5) is 0 Å². The molecule has 0 aliphatic carbocycles. The van der Waals surface area contributed by atoms with Gasteiger partial charge in [0.05, 0.1) is 18.3 Å². The second kappa shape index (κ2) is 5.55. The van der Waals surface area contributed by atoms with Gasteiger partial charge in [-0.1, -0.05) is 0 Å². The Morgan fingerprint density at radius 2 is 2.48 bits per heavy atom. The maximum absolute atomic E-state index is 12.1. The number of amides is 1. The van der Waals surface area contributed by atoms with Crippen molar-refractivity contribution < 1.29 is 14.6 Å². The molecular formula is C13H15N3O4S. The van der Waals surface area contributed by atoms with Crippen LogP contribution in [-0.4, -0.2) is 45.9 Å². The molecule has 1 saturated heterocycles. The average Bonchev–Trinajstić information content (AvgIpc) is 3.10. The standard InChI is InChI=1S/C13H15N3O4S/c17-10(14-6-13(19)2-3-20-7-13)5-16-8-15-11-9(12(16)18)1-4-21-11/h1,4,8,19H,2-3,5-7H2,(H,14,17). The van der Waals surface area contributed by atoms with E-state index >= 15 is 0 Å². The first-order valence-electron chi connectivity index (χ1n) is 6.57. The molecule has 8 heteroatoms. The van der Waals surface area contributed by atoms with Gasteiger partial charge in [0.15, 0.2) is 0 Å². The van der Waals surface area contributed by atoms with Gasteiger partial charge in [-0.25, -0.2) is 4.98 Å². The normalized spacial score (nSPS) is 21.8. The van der Waals surface area contributed by atoms with Crippen LogP contribution < -0.4 is 10.9 Å². The molecule has 3 rings (SSSR count). The quantitative estimate of drug-likeness (QED) is 0.810. The van der Waals surface area contributed by atoms with Gasteiger partial charge >= 0.3 is 0 Å². The van der Waals surface area contributed by atoms with E-state index in [2.05, 4.69) is 10.3 Å². The number of hydrogen-bond acceptors (Lipinski definition) is 6. The maximum atomic E-state index is 12.1. The van der Waals surface area contributed by atoms with Crippen LogP contribution in [-0.2, 0) is 16.1 Å². The Morgan fingerprint density at radius 3 is 3.24 bits per heavy atom. The summed E-state index contributed by atoms with van der Waals surface area (Å²) in [6.07, 6.45) is 1.86. The van der Waals surface area contributed by atoms with E-state index in [1.807, 2.05) is 0 Å². The topological polar surface area (TPSA) is 93.5 Å². The Morgan fingerprint density at radius 1 is 1.62 bits per heavy atom. The number of ether oxygens (including phenoxy) is 1. The number of rotatable bonds is 4. The first-order valence-corrected chi connectivity index (χ1v) is 7.45. The fourth-order valence-corrected chi connectivity index (χ4v) is 2.94. The van der Waals surface area contributed by atoms with E-state index in [1.165, 1.54) is 22.2 Å². The van der Waals surface area contributed by atoms with Gasteiger partial charge in [-0.05, 0) is 11.4 Å². The minimum Gasteiger partial charge on any atom is -0.386 e. The van der Waals surface area contributed by atoms with Crippen LogP contribution in [0.15, 0.2) is 22.6 Å². The van der Waals surface area contributed by atoms with Crippen molar-refractivity contribution >= 4 is 27.5 Å². The van der Waals surface area contributed by atoms with Crippen LogP contribution in [0.2, 0.25) is 0 Å². The van der Waals surface area contributed by atoms with Gasteiger partial charge in [-0.3, -0.25) is 14.2 Å². The zero-order chi connectivity index (χ0) is 14.9. The molecule has 1 amide bonds. The van der Waals surface area contributed by atoms with Crippen LogP contribution in [0.1, 0.15) is 6.42 Å². The minimum atomic E-state index is -1.00. The predicted molar refractivity (Wildman–Crippen MR) is 77.3 cm³/mol. The molecule has 112 valence electrons. The summed E-state index contributed by atoms with van der Waals surface area (Å²) in [4.78, 5) is 28.8. The highest BCUT2D eigenvalue weighted by Crippen LogP contribution is 2.17. The molecule has 2 aromatic heterocycles. The summed E-state index contributed by atoms with van der Waals surface area (Å²) in [7, 11) is 0. The van der Waals surface area contributed by atoms with E-state index < -0.39 is 5.60 Å². The van der Waals surface area contributed by atoms with Crippen molar-refractivity contribution in [3.63, 3.8) is 0 Å². The molecule has 2 aromatic rings. The van der Waals surface area contributed by atoms with E-state index in [0.717, 1.165) is 0 Å². The fraction of sp³-hybridized carbons (Fsp3) is 0.462. The van der Waals surface area contributed by atoms with Crippen molar-refractivity contribution in [1.82, 2.24) is 14.9 Å². The summed E-state index contributed by atoms with van der Waals surface area (Å²) in [6, 6.07) is 1.70. The lowest BCUT2D eigenvalue weighted by Crippen LogP contribution is -2.44. The molecule has 1 atom stereocenters. The monoisotopic (exact) mass is 309 g/mol. The molecule has 1 aliphatic rings. The van der Waals surface area contributed by atoms with Gasteiger partial charge in [0.1, 0.15) is 17.0 Å². The number of aromatic nitrogens is 2. The number of hydrogen-bond donors (Lipinski definition) is 2. The second-order valence-corrected chi connectivity index (χ2v) is 6.02. The largest absolute Gasteiger partial charge is 0.386 e. The molecule has 1 fully saturated rings. The summed E-state index contributed by atoms with van der Waals surface area (Å²) in [5, 5.41) is 15.0. The third kappa shape index (κ3) is 2.97. The van der Waals surface area contributed by atoms with Crippen molar-refractivity contribution in [2.45, 2.75) is 18.6 Å². The zero-order valence-corrected chi connectivity index (χ0v) is 12.1. The third-order valence-electron chi connectivity index (χ3n) is 3.46. The lowest BCUT2D eigenvalue weighted by atomic mass is 10.0. The summed E-state index contributed by atoms with van der Waals surface area (Å²) in [6.45, 7) is 0.712. The Hall–Kier alpha value is -1.77. The predicted octanol–water partition coefficient (Wildman–Crippen LogP) is -0.274. The van der Waals surface area contributed by atoms with Crippen LogP contribution in [0.25, 0.3) is 10.2 Å². The minimum absolute atomic E-state index is 0.117. The average molecular weight is 309 g/mol. The molecular weight excluding hydrogens is 294 g/mol. The molecule has 0 aromatic carbocycles. The van der Waals surface area contributed by atoms with E-state index in [9.17, 15) is 14.7 Å². The summed E-state index contributed by atoms with van der Waals surface area (Å²) in [5.74, 6) is -0.339. The van der Waals surface area contributed by atoms with Gasteiger partial charge in [0, 0.05) is 19.6 Å². The van der Waals surface area contributed by atoms with Crippen molar-refractivity contribution in [1.29, 1.82) is 0 Å². The summed E-state index contributed by atoms with van der Waals surface area (Å²) in [5.41, 5.74) is -1.24. The Labute approximate surface area is 124 Å². The van der Waals surface area contributed by atoms with E-state index in [0.29, 0.717) is 23.2 Å². The third-order valence-corrected chi connectivity index (χ3v) is 4.28. The molecule has 1 aliphatic heterocycles. The van der Waals surface area contributed by atoms with Gasteiger partial charge < -0.3 is 15.2 Å². The highest BCUT2D eigenvalue weighted by atomic mass is 32.1.